The van der Waals surface area contributed by atoms with Crippen molar-refractivity contribution in [1.82, 2.24) is 0 Å². The highest BCUT2D eigenvalue weighted by Gasteiger charge is 2.44. The molecule has 3 aromatic carbocycles. The van der Waals surface area contributed by atoms with Gasteiger partial charge in [-0.25, -0.2) is 0 Å². The van der Waals surface area contributed by atoms with Gasteiger partial charge in [0.05, 0.1) is 5.92 Å². The molecule has 4 rings (SSSR count). The third-order valence-corrected chi connectivity index (χ3v) is 7.71. The highest BCUT2D eigenvalue weighted by Crippen LogP contribution is 2.53. The third-order valence-electron chi connectivity index (χ3n) is 7.18. The Hall–Kier alpha value is -2.26. The molecule has 2 nitrogen and oxygen atoms in total. The smallest absolute Gasteiger partial charge is 0.129 e. The molecule has 1 heterocycles. The lowest BCUT2D eigenvalue weighted by Gasteiger charge is -2.27. The predicted octanol–water partition coefficient (Wildman–Crippen LogP) is 9.19. The molecule has 0 amide bonds. The van der Waals surface area contributed by atoms with E-state index < -0.39 is 0 Å². The van der Waals surface area contributed by atoms with Gasteiger partial charge in [-0.3, -0.25) is 0 Å². The fourth-order valence-corrected chi connectivity index (χ4v) is 5.08. The first kappa shape index (κ1) is 26.3. The molecule has 0 aromatic heterocycles. The second-order valence-electron chi connectivity index (χ2n) is 10.7. The molecule has 34 heavy (non-hydrogen) atoms. The van der Waals surface area contributed by atoms with Crippen molar-refractivity contribution in [2.45, 2.75) is 85.7 Å². The zero-order valence-corrected chi connectivity index (χ0v) is 23.8. The molecule has 0 radical (unpaired) electrons. The number of rotatable bonds is 3. The van der Waals surface area contributed by atoms with Gasteiger partial charge in [-0.15, -0.1) is 0 Å². The fraction of sp³-hybridized carbons (Fsp3) is 0.419. The molecule has 2 N–H and O–H groups in total. The highest BCUT2D eigenvalue weighted by atomic mass is 79.9. The van der Waals surface area contributed by atoms with Gasteiger partial charge in [0.1, 0.15) is 11.4 Å². The summed E-state index contributed by atoms with van der Waals surface area (Å²) in [6.07, 6.45) is 0. The number of halogens is 1. The Morgan fingerprint density at radius 1 is 0.765 bits per heavy atom. The van der Waals surface area contributed by atoms with E-state index in [2.05, 4.69) is 127 Å². The molecule has 182 valence electrons. The van der Waals surface area contributed by atoms with Crippen molar-refractivity contribution in [2.75, 3.05) is 5.73 Å². The van der Waals surface area contributed by atoms with Gasteiger partial charge in [0.15, 0.2) is 0 Å². The van der Waals surface area contributed by atoms with Crippen LogP contribution in [0.15, 0.2) is 53.0 Å². The largest absolute Gasteiger partial charge is 0.486 e. The van der Waals surface area contributed by atoms with E-state index in [9.17, 15) is 0 Å². The van der Waals surface area contributed by atoms with Crippen LogP contribution in [0.2, 0.25) is 0 Å². The molecule has 1 atom stereocenters. The number of hydrogen-bond donors (Lipinski definition) is 1. The van der Waals surface area contributed by atoms with Gasteiger partial charge in [-0.1, -0.05) is 80.0 Å². The van der Waals surface area contributed by atoms with Gasteiger partial charge in [-0.05, 0) is 86.4 Å². The maximum absolute atomic E-state index is 6.41. The van der Waals surface area contributed by atoms with E-state index in [1.807, 2.05) is 0 Å². The average molecular weight is 523 g/mol. The van der Waals surface area contributed by atoms with Crippen molar-refractivity contribution in [2.24, 2.45) is 0 Å². The molecule has 0 fully saturated rings. The van der Waals surface area contributed by atoms with E-state index in [0.29, 0.717) is 11.8 Å². The topological polar surface area (TPSA) is 35.2 Å². The number of ether oxygens (including phenoxy) is 1. The maximum Gasteiger partial charge on any atom is 0.129 e. The molecule has 0 saturated carbocycles. The number of fused-ring (bicyclic) bond motifs is 1. The first-order valence-corrected chi connectivity index (χ1v) is 13.1. The van der Waals surface area contributed by atoms with Crippen molar-refractivity contribution < 1.29 is 4.74 Å². The van der Waals surface area contributed by atoms with Crippen molar-refractivity contribution in [3.63, 3.8) is 0 Å². The summed E-state index contributed by atoms with van der Waals surface area (Å²) < 4.78 is 7.56. The molecule has 3 heteroatoms. The van der Waals surface area contributed by atoms with Crippen LogP contribution >= 0.6 is 15.9 Å². The van der Waals surface area contributed by atoms with E-state index in [-0.39, 0.29) is 11.5 Å². The van der Waals surface area contributed by atoms with E-state index in [0.717, 1.165) is 21.5 Å². The molecule has 1 aliphatic heterocycles. The summed E-state index contributed by atoms with van der Waals surface area (Å²) in [4.78, 5) is 0. The van der Waals surface area contributed by atoms with Crippen LogP contribution in [0.4, 0.5) is 5.69 Å². The van der Waals surface area contributed by atoms with Crippen LogP contribution in [-0.4, -0.2) is 5.60 Å². The van der Waals surface area contributed by atoms with Gasteiger partial charge in [0.2, 0.25) is 0 Å². The first-order valence-electron chi connectivity index (χ1n) is 12.3. The summed E-state index contributed by atoms with van der Waals surface area (Å²) in [7, 11) is 0. The zero-order valence-electron chi connectivity index (χ0n) is 22.2. The average Bonchev–Trinajstić information content (AvgIpc) is 3.08. The minimum Gasteiger partial charge on any atom is -0.486 e. The summed E-state index contributed by atoms with van der Waals surface area (Å²) >= 11 is 3.39. The summed E-state index contributed by atoms with van der Waals surface area (Å²) in [5.74, 6) is 2.39. The van der Waals surface area contributed by atoms with Crippen LogP contribution in [0.25, 0.3) is 0 Å². The van der Waals surface area contributed by atoms with E-state index in [1.54, 1.807) is 0 Å². The molecule has 0 aliphatic carbocycles. The SMILES string of the molecule is CC(C)c1ccc(Br)cc1.Cc1c(C)c2c(c(C)c1N)OC(C)(C)C2c1ccc(C(C)C)cc1. The number of nitrogens with two attached hydrogens (primary N) is 1. The van der Waals surface area contributed by atoms with Crippen molar-refractivity contribution in [3.8, 4) is 5.75 Å². The molecule has 1 unspecified atom stereocenters. The Labute approximate surface area is 215 Å². The second kappa shape index (κ2) is 10.2. The van der Waals surface area contributed by atoms with E-state index in [1.165, 1.54) is 33.4 Å². The van der Waals surface area contributed by atoms with Crippen LogP contribution in [0.3, 0.4) is 0 Å². The molecule has 3 aromatic rings. The number of hydrogen-bond acceptors (Lipinski definition) is 2. The fourth-order valence-electron chi connectivity index (χ4n) is 4.82. The van der Waals surface area contributed by atoms with Gasteiger partial charge in [0, 0.05) is 21.3 Å². The third kappa shape index (κ3) is 5.20. The van der Waals surface area contributed by atoms with Crippen LogP contribution in [0.1, 0.15) is 98.2 Å². The summed E-state index contributed by atoms with van der Waals surface area (Å²) in [5, 5.41) is 0. The van der Waals surface area contributed by atoms with Crippen LogP contribution in [0, 0.1) is 20.8 Å². The number of nitrogen functional groups attached to an aromatic ring is 1. The molecule has 1 aliphatic rings. The molecule has 0 saturated heterocycles. The Balaban J connectivity index is 0.000000271. The van der Waals surface area contributed by atoms with Gasteiger partial charge in [0.25, 0.3) is 0 Å². The van der Waals surface area contributed by atoms with Crippen molar-refractivity contribution >= 4 is 21.6 Å². The summed E-state index contributed by atoms with van der Waals surface area (Å²) in [6, 6.07) is 17.5. The lowest BCUT2D eigenvalue weighted by atomic mass is 9.78. The summed E-state index contributed by atoms with van der Waals surface area (Å²) in [5.41, 5.74) is 15.8. The zero-order chi connectivity index (χ0) is 25.4. The van der Waals surface area contributed by atoms with Crippen molar-refractivity contribution in [1.29, 1.82) is 0 Å². The van der Waals surface area contributed by atoms with Crippen molar-refractivity contribution in [3.05, 3.63) is 91.9 Å². The Morgan fingerprint density at radius 3 is 1.71 bits per heavy atom. The van der Waals surface area contributed by atoms with Crippen LogP contribution < -0.4 is 10.5 Å². The first-order chi connectivity index (χ1) is 15.8. The quantitative estimate of drug-likeness (QED) is 0.348. The van der Waals surface area contributed by atoms with Gasteiger partial charge < -0.3 is 10.5 Å². The monoisotopic (exact) mass is 521 g/mol. The minimum atomic E-state index is -0.280. The normalized spacial score (nSPS) is 16.2. The van der Waals surface area contributed by atoms with Crippen LogP contribution in [-0.2, 0) is 0 Å². The summed E-state index contributed by atoms with van der Waals surface area (Å²) in [6.45, 7) is 19.6. The number of anilines is 1. The van der Waals surface area contributed by atoms with Gasteiger partial charge >= 0.3 is 0 Å². The molecule has 0 spiro atoms. The predicted molar refractivity (Wildman–Crippen MR) is 150 cm³/mol. The maximum atomic E-state index is 6.41. The second-order valence-corrected chi connectivity index (χ2v) is 11.6. The van der Waals surface area contributed by atoms with E-state index in [4.69, 9.17) is 10.5 Å². The lowest BCUT2D eigenvalue weighted by Crippen LogP contribution is -2.31. The number of benzene rings is 3. The Morgan fingerprint density at radius 2 is 1.24 bits per heavy atom. The molecular weight excluding hydrogens is 482 g/mol. The van der Waals surface area contributed by atoms with E-state index >= 15 is 0 Å². The van der Waals surface area contributed by atoms with Gasteiger partial charge in [-0.2, -0.15) is 0 Å². The standard InChI is InChI=1S/C22H29NO.C9H11Br/c1-12(2)16-8-10-17(11-9-16)19-18-13(3)14(4)20(23)15(5)21(18)24-22(19,6)7;1-7(2)8-3-5-9(10)6-4-8/h8-12,19H,23H2,1-7H3;3-7H,1-2H3. The Kier molecular flexibility index (Phi) is 7.87. The highest BCUT2D eigenvalue weighted by molar-refractivity contribution is 9.10. The lowest BCUT2D eigenvalue weighted by molar-refractivity contribution is 0.121. The Bertz CT molecular complexity index is 1140. The van der Waals surface area contributed by atoms with Crippen LogP contribution in [0.5, 0.6) is 5.75 Å². The minimum absolute atomic E-state index is 0.228. The molecule has 0 bridgehead atoms. The molecular formula is C31H40BrNO.